The lowest BCUT2D eigenvalue weighted by molar-refractivity contribution is 0.603. The maximum absolute atomic E-state index is 6.22. The lowest BCUT2D eigenvalue weighted by Crippen LogP contribution is -1.96. The second-order valence-corrected chi connectivity index (χ2v) is 8.95. The van der Waals surface area contributed by atoms with Gasteiger partial charge in [-0.05, 0) is 43.3 Å². The predicted octanol–water partition coefficient (Wildman–Crippen LogP) is 9.29. The molecule has 4 nitrogen and oxygen atoms in total. The van der Waals surface area contributed by atoms with Crippen LogP contribution in [0.4, 0.5) is 0 Å². The minimum atomic E-state index is 0.776. The van der Waals surface area contributed by atoms with E-state index in [0.717, 1.165) is 77.8 Å². The molecule has 0 atom stereocenters. The molecule has 7 rings (SSSR count). The average Bonchev–Trinajstić information content (AvgIpc) is 3.50. The Bertz CT molecular complexity index is 2020. The Labute approximate surface area is 213 Å². The number of furan rings is 2. The molecular weight excluding hydrogens is 456 g/mol. The van der Waals surface area contributed by atoms with Crippen molar-refractivity contribution < 1.29 is 8.83 Å². The van der Waals surface area contributed by atoms with E-state index >= 15 is 0 Å². The molecule has 0 radical (unpaired) electrons. The van der Waals surface area contributed by atoms with Crippen molar-refractivity contribution in [2.75, 3.05) is 0 Å². The highest BCUT2D eigenvalue weighted by Gasteiger charge is 2.22. The van der Waals surface area contributed by atoms with Crippen molar-refractivity contribution in [1.82, 2.24) is 9.97 Å². The first-order chi connectivity index (χ1) is 18.3. The molecule has 0 aliphatic carbocycles. The Morgan fingerprint density at radius 3 is 1.92 bits per heavy atom. The average molecular weight is 479 g/mol. The van der Waals surface area contributed by atoms with Crippen LogP contribution < -0.4 is 0 Å². The second-order valence-electron chi connectivity index (χ2n) is 8.95. The molecular formula is C33H22N2O2. The smallest absolute Gasteiger partial charge is 0.136 e. The van der Waals surface area contributed by atoms with E-state index in [-0.39, 0.29) is 0 Å². The van der Waals surface area contributed by atoms with E-state index < -0.39 is 0 Å². The SMILES string of the molecule is C=Cc1c(/C=C\C)oc2cccc(-c3nc4ccccc4nc3-c3cccc4oc5ccccc5c34)c12. The summed E-state index contributed by atoms with van der Waals surface area (Å²) in [6, 6.07) is 28.3. The van der Waals surface area contributed by atoms with E-state index in [9.17, 15) is 0 Å². The zero-order valence-corrected chi connectivity index (χ0v) is 20.2. The maximum atomic E-state index is 6.22. The lowest BCUT2D eigenvalue weighted by Gasteiger charge is -2.13. The topological polar surface area (TPSA) is 52.1 Å². The van der Waals surface area contributed by atoms with Gasteiger partial charge in [-0.3, -0.25) is 0 Å². The van der Waals surface area contributed by atoms with E-state index in [1.807, 2.05) is 91.9 Å². The summed E-state index contributed by atoms with van der Waals surface area (Å²) in [5.41, 5.74) is 8.58. The Kier molecular flexibility index (Phi) is 4.79. The summed E-state index contributed by atoms with van der Waals surface area (Å²) in [5.74, 6) is 0.776. The van der Waals surface area contributed by atoms with Gasteiger partial charge in [0.1, 0.15) is 22.5 Å². The Morgan fingerprint density at radius 1 is 0.649 bits per heavy atom. The molecule has 0 amide bonds. The van der Waals surface area contributed by atoms with Crippen molar-refractivity contribution in [3.8, 4) is 22.5 Å². The van der Waals surface area contributed by atoms with Gasteiger partial charge in [-0.1, -0.05) is 73.3 Å². The number of hydrogen-bond donors (Lipinski definition) is 0. The van der Waals surface area contributed by atoms with Gasteiger partial charge < -0.3 is 8.83 Å². The molecule has 0 aliphatic rings. The summed E-state index contributed by atoms with van der Waals surface area (Å²) < 4.78 is 12.4. The molecule has 0 unspecified atom stereocenters. The largest absolute Gasteiger partial charge is 0.456 e. The van der Waals surface area contributed by atoms with Crippen LogP contribution >= 0.6 is 0 Å². The highest BCUT2D eigenvalue weighted by molar-refractivity contribution is 6.14. The van der Waals surface area contributed by atoms with E-state index in [1.54, 1.807) is 0 Å². The monoisotopic (exact) mass is 478 g/mol. The number of benzene rings is 4. The normalized spacial score (nSPS) is 11.9. The quantitative estimate of drug-likeness (QED) is 0.253. The van der Waals surface area contributed by atoms with Crippen molar-refractivity contribution in [1.29, 1.82) is 0 Å². The molecule has 0 bridgehead atoms. The van der Waals surface area contributed by atoms with Crippen LogP contribution in [0, 0.1) is 0 Å². The van der Waals surface area contributed by atoms with Crippen LogP contribution in [0.15, 0.2) is 106 Å². The van der Waals surface area contributed by atoms with Crippen LogP contribution in [0.1, 0.15) is 18.2 Å². The molecule has 0 aliphatic heterocycles. The van der Waals surface area contributed by atoms with Crippen molar-refractivity contribution in [3.63, 3.8) is 0 Å². The third-order valence-corrected chi connectivity index (χ3v) is 6.79. The zero-order chi connectivity index (χ0) is 24.9. The first-order valence-corrected chi connectivity index (χ1v) is 12.2. The van der Waals surface area contributed by atoms with Crippen LogP contribution in [0.5, 0.6) is 0 Å². The van der Waals surface area contributed by atoms with Gasteiger partial charge in [0.2, 0.25) is 0 Å². The minimum Gasteiger partial charge on any atom is -0.456 e. The number of fused-ring (bicyclic) bond motifs is 5. The van der Waals surface area contributed by atoms with Crippen LogP contribution in [0.2, 0.25) is 0 Å². The first kappa shape index (κ1) is 21.3. The summed E-state index contributed by atoms with van der Waals surface area (Å²) in [6.45, 7) is 6.06. The number of allylic oxidation sites excluding steroid dienone is 1. The van der Waals surface area contributed by atoms with Gasteiger partial charge in [0.05, 0.1) is 22.4 Å². The number of nitrogens with zero attached hydrogens (tertiary/aromatic N) is 2. The molecule has 7 aromatic rings. The zero-order valence-electron chi connectivity index (χ0n) is 20.2. The van der Waals surface area contributed by atoms with Crippen molar-refractivity contribution >= 4 is 56.1 Å². The fourth-order valence-corrected chi connectivity index (χ4v) is 5.21. The van der Waals surface area contributed by atoms with Crippen LogP contribution in [0.25, 0.3) is 78.6 Å². The lowest BCUT2D eigenvalue weighted by atomic mass is 9.96. The number of rotatable bonds is 4. The number of aromatic nitrogens is 2. The van der Waals surface area contributed by atoms with Crippen LogP contribution in [0.3, 0.4) is 0 Å². The van der Waals surface area contributed by atoms with Gasteiger partial charge in [-0.15, -0.1) is 0 Å². The van der Waals surface area contributed by atoms with Crippen molar-refractivity contribution in [2.24, 2.45) is 0 Å². The highest BCUT2D eigenvalue weighted by atomic mass is 16.3. The molecule has 4 heteroatoms. The fourth-order valence-electron chi connectivity index (χ4n) is 5.21. The third-order valence-electron chi connectivity index (χ3n) is 6.79. The Balaban J connectivity index is 1.63. The fraction of sp³-hybridized carbons (Fsp3) is 0.0303. The Morgan fingerprint density at radius 2 is 1.24 bits per heavy atom. The maximum Gasteiger partial charge on any atom is 0.136 e. The van der Waals surface area contributed by atoms with Crippen LogP contribution in [-0.4, -0.2) is 9.97 Å². The van der Waals surface area contributed by atoms with Gasteiger partial charge in [0.25, 0.3) is 0 Å². The van der Waals surface area contributed by atoms with Crippen molar-refractivity contribution in [2.45, 2.75) is 6.92 Å². The number of hydrogen-bond acceptors (Lipinski definition) is 4. The molecule has 0 saturated carbocycles. The molecule has 4 aromatic carbocycles. The second kappa shape index (κ2) is 8.32. The summed E-state index contributed by atoms with van der Waals surface area (Å²) in [5, 5.41) is 3.06. The molecule has 0 saturated heterocycles. The van der Waals surface area contributed by atoms with E-state index in [4.69, 9.17) is 18.8 Å². The predicted molar refractivity (Wildman–Crippen MR) is 152 cm³/mol. The standard InChI is InChI=1S/C33H22N2O2/c1-3-11-26-20(4-2)30-22(13-9-18-28(30)36-26)32-33(35-25-16-7-6-15-24(25)34-32)23-14-10-19-29-31(23)21-12-5-8-17-27(21)37-29/h3-19H,2H2,1H3/b11-3-. The third kappa shape index (κ3) is 3.23. The molecule has 3 aromatic heterocycles. The summed E-state index contributed by atoms with van der Waals surface area (Å²) in [4.78, 5) is 10.4. The summed E-state index contributed by atoms with van der Waals surface area (Å²) >= 11 is 0. The van der Waals surface area contributed by atoms with Gasteiger partial charge in [0.15, 0.2) is 0 Å². The molecule has 3 heterocycles. The van der Waals surface area contributed by atoms with Crippen molar-refractivity contribution in [3.05, 3.63) is 109 Å². The van der Waals surface area contributed by atoms with Gasteiger partial charge in [-0.2, -0.15) is 0 Å². The summed E-state index contributed by atoms with van der Waals surface area (Å²) in [7, 11) is 0. The van der Waals surface area contributed by atoms with E-state index in [1.165, 1.54) is 0 Å². The molecule has 0 N–H and O–H groups in total. The number of para-hydroxylation sites is 3. The van der Waals surface area contributed by atoms with Gasteiger partial charge in [-0.25, -0.2) is 9.97 Å². The van der Waals surface area contributed by atoms with E-state index in [0.29, 0.717) is 0 Å². The van der Waals surface area contributed by atoms with Crippen LogP contribution in [-0.2, 0) is 0 Å². The molecule has 176 valence electrons. The van der Waals surface area contributed by atoms with E-state index in [2.05, 4.69) is 24.8 Å². The first-order valence-electron chi connectivity index (χ1n) is 12.2. The van der Waals surface area contributed by atoms with Gasteiger partial charge >= 0.3 is 0 Å². The van der Waals surface area contributed by atoms with Gasteiger partial charge in [0, 0.05) is 32.8 Å². The molecule has 0 fully saturated rings. The summed E-state index contributed by atoms with van der Waals surface area (Å²) in [6.07, 6.45) is 5.78. The Hall–Kier alpha value is -4.96. The molecule has 37 heavy (non-hydrogen) atoms. The minimum absolute atomic E-state index is 0.776. The molecule has 0 spiro atoms. The highest BCUT2D eigenvalue weighted by Crippen LogP contribution is 2.42.